The number of carbonyl (C=O) groups is 2. The Morgan fingerprint density at radius 2 is 2.04 bits per heavy atom. The van der Waals surface area contributed by atoms with Crippen molar-refractivity contribution in [3.8, 4) is 5.75 Å². The highest BCUT2D eigenvalue weighted by atomic mass is 16.5. The van der Waals surface area contributed by atoms with E-state index in [-0.39, 0.29) is 24.5 Å². The lowest BCUT2D eigenvalue weighted by atomic mass is 10.0. The van der Waals surface area contributed by atoms with Gasteiger partial charge < -0.3 is 14.8 Å². The summed E-state index contributed by atoms with van der Waals surface area (Å²) in [5.41, 5.74) is 0. The Morgan fingerprint density at radius 3 is 2.79 bits per heavy atom. The van der Waals surface area contributed by atoms with Gasteiger partial charge in [0.05, 0.1) is 19.7 Å². The monoisotopic (exact) mass is 334 g/mol. The number of nitrogens with one attached hydrogen (secondary N) is 1. The maximum atomic E-state index is 12.1. The molecule has 0 unspecified atom stereocenters. The molecule has 0 saturated carbocycles. The largest absolute Gasteiger partial charge is 0.492 e. The number of hydrogen-bond acceptors (Lipinski definition) is 5. The number of rotatable bonds is 8. The number of hydrogen-bond donors (Lipinski definition) is 1. The Labute approximate surface area is 143 Å². The van der Waals surface area contributed by atoms with Crippen molar-refractivity contribution in [2.75, 3.05) is 32.8 Å². The minimum Gasteiger partial charge on any atom is -0.492 e. The molecule has 6 nitrogen and oxygen atoms in total. The Morgan fingerprint density at radius 1 is 1.25 bits per heavy atom. The summed E-state index contributed by atoms with van der Waals surface area (Å²) >= 11 is 0. The van der Waals surface area contributed by atoms with Crippen molar-refractivity contribution in [3.63, 3.8) is 0 Å². The van der Waals surface area contributed by atoms with Crippen LogP contribution in [-0.2, 0) is 14.3 Å². The summed E-state index contributed by atoms with van der Waals surface area (Å²) in [4.78, 5) is 26.0. The summed E-state index contributed by atoms with van der Waals surface area (Å²) in [5, 5.41) is 2.83. The average Bonchev–Trinajstić information content (AvgIpc) is 2.60. The predicted molar refractivity (Wildman–Crippen MR) is 90.8 cm³/mol. The molecule has 1 aromatic carbocycles. The van der Waals surface area contributed by atoms with Crippen LogP contribution in [-0.4, -0.2) is 55.7 Å². The van der Waals surface area contributed by atoms with Crippen molar-refractivity contribution in [1.82, 2.24) is 10.2 Å². The molecule has 1 aromatic rings. The molecule has 0 spiro atoms. The van der Waals surface area contributed by atoms with Crippen molar-refractivity contribution >= 4 is 11.9 Å². The van der Waals surface area contributed by atoms with Crippen molar-refractivity contribution in [2.24, 2.45) is 0 Å². The topological polar surface area (TPSA) is 67.9 Å². The van der Waals surface area contributed by atoms with Crippen LogP contribution in [0.5, 0.6) is 5.75 Å². The van der Waals surface area contributed by atoms with Crippen LogP contribution in [0, 0.1) is 0 Å². The van der Waals surface area contributed by atoms with Gasteiger partial charge in [-0.2, -0.15) is 0 Å². The van der Waals surface area contributed by atoms with Crippen LogP contribution in [0.2, 0.25) is 0 Å². The lowest BCUT2D eigenvalue weighted by molar-refractivity contribution is -0.151. The van der Waals surface area contributed by atoms with Gasteiger partial charge in [-0.05, 0) is 38.4 Å². The van der Waals surface area contributed by atoms with E-state index in [2.05, 4.69) is 5.32 Å². The molecule has 6 heteroatoms. The first-order valence-corrected chi connectivity index (χ1v) is 8.56. The molecule has 1 fully saturated rings. The van der Waals surface area contributed by atoms with Crippen LogP contribution in [0.1, 0.15) is 26.2 Å². The molecule has 0 aromatic heterocycles. The van der Waals surface area contributed by atoms with E-state index in [9.17, 15) is 9.59 Å². The summed E-state index contributed by atoms with van der Waals surface area (Å²) in [6.45, 7) is 3.98. The zero-order valence-electron chi connectivity index (χ0n) is 14.2. The number of likely N-dealkylation sites (tertiary alicyclic amines) is 1. The predicted octanol–water partition coefficient (Wildman–Crippen LogP) is 1.60. The minimum atomic E-state index is -0.301. The van der Waals surface area contributed by atoms with Crippen LogP contribution in [0.25, 0.3) is 0 Å². The van der Waals surface area contributed by atoms with E-state index in [4.69, 9.17) is 9.47 Å². The van der Waals surface area contributed by atoms with Crippen molar-refractivity contribution in [3.05, 3.63) is 30.3 Å². The summed E-state index contributed by atoms with van der Waals surface area (Å²) in [6, 6.07) is 9.18. The highest BCUT2D eigenvalue weighted by Crippen LogP contribution is 2.17. The van der Waals surface area contributed by atoms with Crippen molar-refractivity contribution < 1.29 is 19.1 Å². The fourth-order valence-electron chi connectivity index (χ4n) is 2.80. The van der Waals surface area contributed by atoms with Gasteiger partial charge in [0, 0.05) is 0 Å². The molecule has 1 atom stereocenters. The number of benzene rings is 1. The molecule has 132 valence electrons. The SMILES string of the molecule is CCOC(=O)[C@@H]1CCCCN1CC(=O)NCCOc1ccccc1. The number of carbonyl (C=O) groups excluding carboxylic acids is 2. The van der Waals surface area contributed by atoms with Gasteiger partial charge in [0.1, 0.15) is 18.4 Å². The molecule has 1 aliphatic rings. The number of piperidine rings is 1. The number of esters is 1. The molecule has 1 saturated heterocycles. The molecule has 1 aliphatic heterocycles. The molecule has 0 radical (unpaired) electrons. The molecule has 0 bridgehead atoms. The summed E-state index contributed by atoms with van der Waals surface area (Å²) in [6.07, 6.45) is 2.75. The van der Waals surface area contributed by atoms with Crippen LogP contribution in [0.3, 0.4) is 0 Å². The van der Waals surface area contributed by atoms with E-state index >= 15 is 0 Å². The van der Waals surface area contributed by atoms with Gasteiger partial charge >= 0.3 is 5.97 Å². The molecule has 1 amide bonds. The highest BCUT2D eigenvalue weighted by molar-refractivity contribution is 5.80. The number of para-hydroxylation sites is 1. The zero-order valence-corrected chi connectivity index (χ0v) is 14.2. The molecule has 1 heterocycles. The van der Waals surface area contributed by atoms with E-state index in [1.54, 1.807) is 6.92 Å². The number of amides is 1. The van der Waals surface area contributed by atoms with E-state index in [0.29, 0.717) is 19.8 Å². The second-order valence-electron chi connectivity index (χ2n) is 5.75. The second-order valence-corrected chi connectivity index (χ2v) is 5.75. The molecular formula is C18H26N2O4. The second kappa shape index (κ2) is 9.93. The minimum absolute atomic E-state index is 0.0946. The van der Waals surface area contributed by atoms with Gasteiger partial charge in [-0.3, -0.25) is 14.5 Å². The lowest BCUT2D eigenvalue weighted by Gasteiger charge is -2.33. The van der Waals surface area contributed by atoms with E-state index < -0.39 is 0 Å². The third-order valence-electron chi connectivity index (χ3n) is 3.96. The van der Waals surface area contributed by atoms with E-state index in [0.717, 1.165) is 31.6 Å². The Hall–Kier alpha value is -2.08. The van der Waals surface area contributed by atoms with Crippen LogP contribution in [0.15, 0.2) is 30.3 Å². The van der Waals surface area contributed by atoms with E-state index in [1.807, 2.05) is 35.2 Å². The first-order valence-electron chi connectivity index (χ1n) is 8.56. The first kappa shape index (κ1) is 18.3. The molecule has 2 rings (SSSR count). The fourth-order valence-corrected chi connectivity index (χ4v) is 2.80. The van der Waals surface area contributed by atoms with Crippen molar-refractivity contribution in [1.29, 1.82) is 0 Å². The van der Waals surface area contributed by atoms with Gasteiger partial charge in [0.25, 0.3) is 0 Å². The third-order valence-corrected chi connectivity index (χ3v) is 3.96. The molecule has 24 heavy (non-hydrogen) atoms. The third kappa shape index (κ3) is 5.85. The zero-order chi connectivity index (χ0) is 17.2. The summed E-state index contributed by atoms with van der Waals surface area (Å²) in [7, 11) is 0. The lowest BCUT2D eigenvalue weighted by Crippen LogP contribution is -2.49. The van der Waals surface area contributed by atoms with Gasteiger partial charge in [0.2, 0.25) is 5.91 Å². The maximum absolute atomic E-state index is 12.1. The maximum Gasteiger partial charge on any atom is 0.323 e. The highest BCUT2D eigenvalue weighted by Gasteiger charge is 2.30. The first-order chi connectivity index (χ1) is 11.7. The van der Waals surface area contributed by atoms with Gasteiger partial charge in [-0.1, -0.05) is 24.6 Å². The number of nitrogens with zero attached hydrogens (tertiary/aromatic N) is 1. The quantitative estimate of drug-likeness (QED) is 0.578. The molecule has 1 N–H and O–H groups in total. The standard InChI is InChI=1S/C18H26N2O4/c1-2-23-18(22)16-10-6-7-12-20(16)14-17(21)19-11-13-24-15-8-4-3-5-9-15/h3-5,8-9,16H,2,6-7,10-14H2,1H3,(H,19,21)/t16-/m0/s1. The number of ether oxygens (including phenoxy) is 2. The summed E-state index contributed by atoms with van der Waals surface area (Å²) in [5.74, 6) is 0.463. The van der Waals surface area contributed by atoms with Crippen LogP contribution >= 0.6 is 0 Å². The van der Waals surface area contributed by atoms with E-state index in [1.165, 1.54) is 0 Å². The smallest absolute Gasteiger partial charge is 0.323 e. The van der Waals surface area contributed by atoms with Gasteiger partial charge in [-0.15, -0.1) is 0 Å². The molecular weight excluding hydrogens is 308 g/mol. The Balaban J connectivity index is 1.71. The van der Waals surface area contributed by atoms with Crippen molar-refractivity contribution in [2.45, 2.75) is 32.2 Å². The summed E-state index contributed by atoms with van der Waals surface area (Å²) < 4.78 is 10.6. The Bertz CT molecular complexity index is 521. The molecule has 0 aliphatic carbocycles. The van der Waals surface area contributed by atoms with Gasteiger partial charge in [0.15, 0.2) is 0 Å². The van der Waals surface area contributed by atoms with Crippen LogP contribution in [0.4, 0.5) is 0 Å². The average molecular weight is 334 g/mol. The van der Waals surface area contributed by atoms with Crippen LogP contribution < -0.4 is 10.1 Å². The fraction of sp³-hybridized carbons (Fsp3) is 0.556. The van der Waals surface area contributed by atoms with Gasteiger partial charge in [-0.25, -0.2) is 0 Å². The Kier molecular flexibility index (Phi) is 7.55. The normalized spacial score (nSPS) is 18.0.